The van der Waals surface area contributed by atoms with E-state index < -0.39 is 0 Å². The highest BCUT2D eigenvalue weighted by Gasteiger charge is 2.40. The second-order valence-electron chi connectivity index (χ2n) is 8.83. The molecule has 0 bridgehead atoms. The van der Waals surface area contributed by atoms with Gasteiger partial charge in [-0.1, -0.05) is 12.1 Å². The van der Waals surface area contributed by atoms with Crippen LogP contribution in [0, 0.1) is 12.8 Å². The Bertz CT molecular complexity index is 924. The van der Waals surface area contributed by atoms with Crippen molar-refractivity contribution in [3.05, 3.63) is 35.4 Å². The first-order valence-electron chi connectivity index (χ1n) is 10.8. The number of nitrogens with zero attached hydrogens (tertiary/aromatic N) is 4. The zero-order valence-electron chi connectivity index (χ0n) is 17.4. The summed E-state index contributed by atoms with van der Waals surface area (Å²) in [4.78, 5) is 24.1. The van der Waals surface area contributed by atoms with E-state index in [1.807, 2.05) is 11.9 Å². The van der Waals surface area contributed by atoms with Crippen LogP contribution in [-0.2, 0) is 16.1 Å². The molecule has 1 aromatic carbocycles. The molecule has 2 aromatic rings. The Morgan fingerprint density at radius 2 is 2.00 bits per heavy atom. The number of hydrogen-bond donors (Lipinski definition) is 0. The monoisotopic (exact) mass is 394 g/mol. The lowest BCUT2D eigenvalue weighted by Gasteiger charge is -2.37. The van der Waals surface area contributed by atoms with Gasteiger partial charge in [-0.15, -0.1) is 0 Å². The van der Waals surface area contributed by atoms with Crippen molar-refractivity contribution in [1.29, 1.82) is 0 Å². The zero-order valence-corrected chi connectivity index (χ0v) is 17.4. The van der Waals surface area contributed by atoms with E-state index in [4.69, 9.17) is 9.72 Å². The van der Waals surface area contributed by atoms with Crippen molar-refractivity contribution < 1.29 is 9.53 Å². The van der Waals surface area contributed by atoms with Crippen molar-refractivity contribution in [1.82, 2.24) is 14.8 Å². The smallest absolute Gasteiger partial charge is 0.222 e. The van der Waals surface area contributed by atoms with Gasteiger partial charge in [-0.25, -0.2) is 4.98 Å². The van der Waals surface area contributed by atoms with Crippen LogP contribution < -0.4 is 4.90 Å². The summed E-state index contributed by atoms with van der Waals surface area (Å²) < 4.78 is 5.57. The van der Waals surface area contributed by atoms with Crippen LogP contribution in [0.3, 0.4) is 0 Å². The van der Waals surface area contributed by atoms with Crippen LogP contribution in [-0.4, -0.2) is 73.2 Å². The second kappa shape index (κ2) is 7.58. The summed E-state index contributed by atoms with van der Waals surface area (Å²) in [5.74, 6) is 1.87. The highest BCUT2D eigenvalue weighted by Crippen LogP contribution is 2.33. The number of rotatable bonds is 3. The van der Waals surface area contributed by atoms with E-state index in [9.17, 15) is 4.79 Å². The van der Waals surface area contributed by atoms with Crippen LogP contribution in [0.4, 0.5) is 5.82 Å². The molecular formula is C23H30N4O2. The Hall–Kier alpha value is -2.18. The van der Waals surface area contributed by atoms with Crippen LogP contribution >= 0.6 is 0 Å². The van der Waals surface area contributed by atoms with Crippen LogP contribution in [0.1, 0.15) is 24.0 Å². The molecule has 2 atom stereocenters. The molecule has 3 fully saturated rings. The highest BCUT2D eigenvalue weighted by atomic mass is 16.5. The number of benzene rings is 1. The van der Waals surface area contributed by atoms with Gasteiger partial charge in [0.15, 0.2) is 0 Å². The first kappa shape index (κ1) is 18.8. The van der Waals surface area contributed by atoms with Gasteiger partial charge in [0.25, 0.3) is 0 Å². The number of aromatic nitrogens is 1. The quantitative estimate of drug-likeness (QED) is 0.800. The standard InChI is InChI=1S/C23H30N4O2/c1-16-3-4-17-12-19(23(24-20(17)11-16)27-7-9-29-10-8-27)15-26-6-5-21-18(14-26)13-22(28)25(21)2/h3-4,11-12,18,21H,5-10,13-15H2,1-2H3/t18-,21+/m1/s1. The lowest BCUT2D eigenvalue weighted by molar-refractivity contribution is -0.127. The molecule has 1 amide bonds. The summed E-state index contributed by atoms with van der Waals surface area (Å²) in [5, 5.41) is 1.20. The van der Waals surface area contributed by atoms with Gasteiger partial charge >= 0.3 is 0 Å². The number of anilines is 1. The van der Waals surface area contributed by atoms with Gasteiger partial charge in [0.2, 0.25) is 5.91 Å². The van der Waals surface area contributed by atoms with Crippen molar-refractivity contribution in [2.45, 2.75) is 32.4 Å². The molecule has 3 aliphatic heterocycles. The minimum Gasteiger partial charge on any atom is -0.378 e. The fourth-order valence-corrected chi connectivity index (χ4v) is 5.22. The molecule has 3 aliphatic rings. The average molecular weight is 395 g/mol. The summed E-state index contributed by atoms with van der Waals surface area (Å²) in [6.07, 6.45) is 1.77. The van der Waals surface area contributed by atoms with E-state index in [0.717, 1.165) is 63.7 Å². The van der Waals surface area contributed by atoms with Crippen LogP contribution in [0.15, 0.2) is 24.3 Å². The van der Waals surface area contributed by atoms with E-state index in [1.165, 1.54) is 16.5 Å². The van der Waals surface area contributed by atoms with Gasteiger partial charge in [0.05, 0.1) is 18.7 Å². The Balaban J connectivity index is 1.43. The van der Waals surface area contributed by atoms with Gasteiger partial charge in [-0.2, -0.15) is 0 Å². The maximum absolute atomic E-state index is 12.1. The lowest BCUT2D eigenvalue weighted by Crippen LogP contribution is -2.45. The normalized spacial score (nSPS) is 25.7. The molecule has 0 N–H and O–H groups in total. The maximum atomic E-state index is 12.1. The van der Waals surface area contributed by atoms with Crippen molar-refractivity contribution in [2.24, 2.45) is 5.92 Å². The lowest BCUT2D eigenvalue weighted by atomic mass is 9.92. The highest BCUT2D eigenvalue weighted by molar-refractivity contribution is 5.82. The van der Waals surface area contributed by atoms with E-state index in [2.05, 4.69) is 41.0 Å². The van der Waals surface area contributed by atoms with Crippen molar-refractivity contribution in [3.63, 3.8) is 0 Å². The number of pyridine rings is 1. The molecule has 0 unspecified atom stereocenters. The molecule has 6 heteroatoms. The van der Waals surface area contributed by atoms with Gasteiger partial charge < -0.3 is 14.5 Å². The molecule has 154 valence electrons. The largest absolute Gasteiger partial charge is 0.378 e. The van der Waals surface area contributed by atoms with Crippen molar-refractivity contribution in [3.8, 4) is 0 Å². The molecule has 3 saturated heterocycles. The molecule has 5 rings (SSSR count). The number of piperidine rings is 1. The number of amides is 1. The topological polar surface area (TPSA) is 48.9 Å². The van der Waals surface area contributed by atoms with E-state index in [1.54, 1.807) is 0 Å². The summed E-state index contributed by atoms with van der Waals surface area (Å²) in [6.45, 7) is 8.34. The van der Waals surface area contributed by atoms with Crippen LogP contribution in [0.25, 0.3) is 10.9 Å². The van der Waals surface area contributed by atoms with Gasteiger partial charge in [0.1, 0.15) is 5.82 Å². The molecular weight excluding hydrogens is 364 g/mol. The molecule has 0 spiro atoms. The Kier molecular flexibility index (Phi) is 4.92. The Labute approximate surface area is 172 Å². The fraction of sp³-hybridized carbons (Fsp3) is 0.565. The Morgan fingerprint density at radius 1 is 1.17 bits per heavy atom. The van der Waals surface area contributed by atoms with E-state index >= 15 is 0 Å². The van der Waals surface area contributed by atoms with Crippen molar-refractivity contribution >= 4 is 22.6 Å². The number of likely N-dealkylation sites (tertiary alicyclic amines) is 2. The average Bonchev–Trinajstić information content (AvgIpc) is 3.01. The zero-order chi connectivity index (χ0) is 20.0. The third-order valence-electron chi connectivity index (χ3n) is 6.84. The van der Waals surface area contributed by atoms with Crippen LogP contribution in [0.2, 0.25) is 0 Å². The summed E-state index contributed by atoms with van der Waals surface area (Å²) in [6, 6.07) is 9.27. The first-order valence-corrected chi connectivity index (χ1v) is 10.8. The van der Waals surface area contributed by atoms with Gasteiger partial charge in [-0.05, 0) is 31.0 Å². The van der Waals surface area contributed by atoms with E-state index in [-0.39, 0.29) is 0 Å². The predicted molar refractivity (Wildman–Crippen MR) is 114 cm³/mol. The number of aryl methyl sites for hydroxylation is 1. The van der Waals surface area contributed by atoms with Crippen LogP contribution in [0.5, 0.6) is 0 Å². The SMILES string of the molecule is Cc1ccc2cc(CN3CC[C@H]4[C@H](CC(=O)N4C)C3)c(N3CCOCC3)nc2c1. The Morgan fingerprint density at radius 3 is 2.83 bits per heavy atom. The first-order chi connectivity index (χ1) is 14.1. The summed E-state index contributed by atoms with van der Waals surface area (Å²) in [5.41, 5.74) is 3.60. The number of fused-ring (bicyclic) bond motifs is 2. The minimum atomic E-state index is 0.304. The van der Waals surface area contributed by atoms with Gasteiger partial charge in [0, 0.05) is 69.1 Å². The van der Waals surface area contributed by atoms with E-state index in [0.29, 0.717) is 24.3 Å². The molecule has 1 aromatic heterocycles. The molecule has 29 heavy (non-hydrogen) atoms. The second-order valence-corrected chi connectivity index (χ2v) is 8.83. The molecule has 6 nitrogen and oxygen atoms in total. The number of morpholine rings is 1. The van der Waals surface area contributed by atoms with Gasteiger partial charge in [-0.3, -0.25) is 9.69 Å². The minimum absolute atomic E-state index is 0.304. The summed E-state index contributed by atoms with van der Waals surface area (Å²) >= 11 is 0. The third kappa shape index (κ3) is 3.60. The summed E-state index contributed by atoms with van der Waals surface area (Å²) in [7, 11) is 1.97. The maximum Gasteiger partial charge on any atom is 0.222 e. The molecule has 0 aliphatic carbocycles. The third-order valence-corrected chi connectivity index (χ3v) is 6.84. The fourth-order valence-electron chi connectivity index (χ4n) is 5.22. The number of ether oxygens (including phenoxy) is 1. The number of hydrogen-bond acceptors (Lipinski definition) is 5. The molecule has 0 saturated carbocycles. The van der Waals surface area contributed by atoms with Crippen molar-refractivity contribution in [2.75, 3.05) is 51.3 Å². The number of carbonyl (C=O) groups is 1. The molecule has 4 heterocycles. The molecule has 0 radical (unpaired) electrons. The number of carbonyl (C=O) groups excluding carboxylic acids is 1. The predicted octanol–water partition coefficient (Wildman–Crippen LogP) is 2.43.